The number of carbonyl (C=O) groups is 1. The summed E-state index contributed by atoms with van der Waals surface area (Å²) in [4.78, 5) is 16.9. The van der Waals surface area contributed by atoms with Gasteiger partial charge in [0.15, 0.2) is 0 Å². The van der Waals surface area contributed by atoms with Crippen molar-refractivity contribution in [3.8, 4) is 6.07 Å². The first-order valence-corrected chi connectivity index (χ1v) is 8.87. The van der Waals surface area contributed by atoms with Gasteiger partial charge in [0, 0.05) is 31.7 Å². The van der Waals surface area contributed by atoms with E-state index in [4.69, 9.17) is 5.26 Å². The summed E-state index contributed by atoms with van der Waals surface area (Å²) in [6, 6.07) is 6.58. The van der Waals surface area contributed by atoms with Crippen molar-refractivity contribution in [1.29, 1.82) is 5.26 Å². The summed E-state index contributed by atoms with van der Waals surface area (Å²) in [5.41, 5.74) is 0.938. The standard InChI is InChI=1S/C19H24FN3O/c20-18-11-15(12-21)6-7-16(18)13-22-8-4-5-17(14-22)19(24)23-9-2-1-3-10-23/h6-7,11,17H,1-5,8-10,13-14H2. The number of nitrogens with zero attached hydrogens (tertiary/aromatic N) is 3. The first kappa shape index (κ1) is 16.9. The van der Waals surface area contributed by atoms with Gasteiger partial charge in [0.2, 0.25) is 5.91 Å². The van der Waals surface area contributed by atoms with Gasteiger partial charge in [-0.05, 0) is 50.8 Å². The Morgan fingerprint density at radius 2 is 2.00 bits per heavy atom. The van der Waals surface area contributed by atoms with Crippen molar-refractivity contribution in [1.82, 2.24) is 9.80 Å². The monoisotopic (exact) mass is 329 g/mol. The van der Waals surface area contributed by atoms with Crippen LogP contribution in [-0.2, 0) is 11.3 Å². The van der Waals surface area contributed by atoms with Gasteiger partial charge >= 0.3 is 0 Å². The average Bonchev–Trinajstić information content (AvgIpc) is 2.63. The quantitative estimate of drug-likeness (QED) is 0.856. The van der Waals surface area contributed by atoms with Gasteiger partial charge in [-0.1, -0.05) is 6.07 Å². The highest BCUT2D eigenvalue weighted by atomic mass is 19.1. The van der Waals surface area contributed by atoms with Crippen molar-refractivity contribution in [3.05, 3.63) is 35.1 Å². The second-order valence-corrected chi connectivity index (χ2v) is 6.88. The average molecular weight is 329 g/mol. The minimum absolute atomic E-state index is 0.0401. The highest BCUT2D eigenvalue weighted by molar-refractivity contribution is 5.79. The molecule has 0 bridgehead atoms. The molecule has 1 aromatic carbocycles. The van der Waals surface area contributed by atoms with Gasteiger partial charge in [-0.2, -0.15) is 5.26 Å². The Labute approximate surface area is 142 Å². The van der Waals surface area contributed by atoms with Gasteiger partial charge in [0.1, 0.15) is 5.82 Å². The molecule has 0 N–H and O–H groups in total. The lowest BCUT2D eigenvalue weighted by Crippen LogP contribution is -2.46. The van der Waals surface area contributed by atoms with Gasteiger partial charge in [0.05, 0.1) is 17.6 Å². The largest absolute Gasteiger partial charge is 0.342 e. The van der Waals surface area contributed by atoms with Gasteiger partial charge in [-0.15, -0.1) is 0 Å². The van der Waals surface area contributed by atoms with Crippen LogP contribution in [0.3, 0.4) is 0 Å². The van der Waals surface area contributed by atoms with Gasteiger partial charge in [-0.25, -0.2) is 4.39 Å². The van der Waals surface area contributed by atoms with Crippen LogP contribution in [0.5, 0.6) is 0 Å². The predicted molar refractivity (Wildman–Crippen MR) is 89.5 cm³/mol. The number of piperidine rings is 2. The molecule has 2 saturated heterocycles. The van der Waals surface area contributed by atoms with E-state index in [2.05, 4.69) is 4.90 Å². The number of rotatable bonds is 3. The lowest BCUT2D eigenvalue weighted by atomic mass is 9.95. The SMILES string of the molecule is N#Cc1ccc(CN2CCCC(C(=O)N3CCCCC3)C2)c(F)c1. The zero-order valence-electron chi connectivity index (χ0n) is 14.0. The Morgan fingerprint density at radius 1 is 1.21 bits per heavy atom. The van der Waals surface area contributed by atoms with Crippen molar-refractivity contribution in [2.45, 2.75) is 38.6 Å². The van der Waals surface area contributed by atoms with E-state index in [1.165, 1.54) is 12.5 Å². The lowest BCUT2D eigenvalue weighted by molar-refractivity contribution is -0.138. The molecule has 3 rings (SSSR count). The molecule has 1 amide bonds. The van der Waals surface area contributed by atoms with Crippen LogP contribution in [0.15, 0.2) is 18.2 Å². The molecule has 24 heavy (non-hydrogen) atoms. The Kier molecular flexibility index (Phi) is 5.47. The Balaban J connectivity index is 1.61. The van der Waals surface area contributed by atoms with Crippen LogP contribution in [0.25, 0.3) is 0 Å². The van der Waals surface area contributed by atoms with Crippen molar-refractivity contribution >= 4 is 5.91 Å². The molecular weight excluding hydrogens is 305 g/mol. The molecule has 5 heteroatoms. The molecule has 0 spiro atoms. The predicted octanol–water partition coefficient (Wildman–Crippen LogP) is 2.92. The molecule has 0 radical (unpaired) electrons. The molecule has 1 unspecified atom stereocenters. The van der Waals surface area contributed by atoms with Crippen LogP contribution in [0.4, 0.5) is 4.39 Å². The summed E-state index contributed by atoms with van der Waals surface area (Å²) in [5, 5.41) is 8.82. The molecule has 128 valence electrons. The second kappa shape index (κ2) is 7.76. The Morgan fingerprint density at radius 3 is 2.71 bits per heavy atom. The summed E-state index contributed by atoms with van der Waals surface area (Å²) in [6.45, 7) is 3.87. The van der Waals surface area contributed by atoms with Gasteiger partial charge < -0.3 is 4.90 Å². The van der Waals surface area contributed by atoms with E-state index in [-0.39, 0.29) is 17.6 Å². The first-order valence-electron chi connectivity index (χ1n) is 8.87. The number of carbonyl (C=O) groups excluding carboxylic acids is 1. The molecule has 1 atom stereocenters. The molecule has 2 aliphatic rings. The van der Waals surface area contributed by atoms with Crippen LogP contribution in [0, 0.1) is 23.1 Å². The zero-order valence-corrected chi connectivity index (χ0v) is 14.0. The summed E-state index contributed by atoms with van der Waals surface area (Å²) in [5.74, 6) is -0.0171. The van der Waals surface area contributed by atoms with E-state index >= 15 is 0 Å². The third-order valence-corrected chi connectivity index (χ3v) is 5.10. The number of halogens is 1. The van der Waals surface area contributed by atoms with E-state index in [1.807, 2.05) is 11.0 Å². The third-order valence-electron chi connectivity index (χ3n) is 5.10. The molecule has 0 aliphatic carbocycles. The Hall–Kier alpha value is -1.93. The number of benzene rings is 1. The van der Waals surface area contributed by atoms with Gasteiger partial charge in [-0.3, -0.25) is 9.69 Å². The number of likely N-dealkylation sites (tertiary alicyclic amines) is 2. The van der Waals surface area contributed by atoms with E-state index in [9.17, 15) is 9.18 Å². The number of amides is 1. The highest BCUT2D eigenvalue weighted by Gasteiger charge is 2.30. The lowest BCUT2D eigenvalue weighted by Gasteiger charge is -2.36. The van der Waals surface area contributed by atoms with Crippen LogP contribution >= 0.6 is 0 Å². The minimum atomic E-state index is -0.335. The maximum absolute atomic E-state index is 14.1. The van der Waals surface area contributed by atoms with Crippen molar-refractivity contribution in [3.63, 3.8) is 0 Å². The second-order valence-electron chi connectivity index (χ2n) is 6.88. The maximum atomic E-state index is 14.1. The zero-order chi connectivity index (χ0) is 16.9. The molecule has 2 aliphatic heterocycles. The Bertz CT molecular complexity index is 634. The minimum Gasteiger partial charge on any atom is -0.342 e. The number of hydrogen-bond donors (Lipinski definition) is 0. The maximum Gasteiger partial charge on any atom is 0.226 e. The fourth-order valence-electron chi connectivity index (χ4n) is 3.76. The molecule has 0 aromatic heterocycles. The third kappa shape index (κ3) is 3.93. The van der Waals surface area contributed by atoms with Crippen molar-refractivity contribution in [2.24, 2.45) is 5.92 Å². The fourth-order valence-corrected chi connectivity index (χ4v) is 3.76. The normalized spacial score (nSPS) is 22.2. The highest BCUT2D eigenvalue weighted by Crippen LogP contribution is 2.23. The summed E-state index contributed by atoms with van der Waals surface area (Å²) in [6.07, 6.45) is 5.35. The van der Waals surface area contributed by atoms with Crippen molar-refractivity contribution in [2.75, 3.05) is 26.2 Å². The van der Waals surface area contributed by atoms with E-state index in [1.54, 1.807) is 12.1 Å². The molecular formula is C19H24FN3O. The summed E-state index contributed by atoms with van der Waals surface area (Å²) < 4.78 is 14.1. The number of hydrogen-bond acceptors (Lipinski definition) is 3. The molecule has 4 nitrogen and oxygen atoms in total. The molecule has 2 fully saturated rings. The molecule has 1 aromatic rings. The van der Waals surface area contributed by atoms with E-state index in [0.717, 1.165) is 45.3 Å². The smallest absolute Gasteiger partial charge is 0.226 e. The topological polar surface area (TPSA) is 47.3 Å². The molecule has 2 heterocycles. The van der Waals surface area contributed by atoms with Crippen LogP contribution < -0.4 is 0 Å². The van der Waals surface area contributed by atoms with E-state index in [0.29, 0.717) is 24.2 Å². The fraction of sp³-hybridized carbons (Fsp3) is 0.579. The van der Waals surface area contributed by atoms with E-state index < -0.39 is 0 Å². The van der Waals surface area contributed by atoms with Crippen LogP contribution in [-0.4, -0.2) is 41.9 Å². The summed E-state index contributed by atoms with van der Waals surface area (Å²) >= 11 is 0. The summed E-state index contributed by atoms with van der Waals surface area (Å²) in [7, 11) is 0. The van der Waals surface area contributed by atoms with Crippen LogP contribution in [0.2, 0.25) is 0 Å². The van der Waals surface area contributed by atoms with Crippen LogP contribution in [0.1, 0.15) is 43.2 Å². The van der Waals surface area contributed by atoms with Gasteiger partial charge in [0.25, 0.3) is 0 Å². The first-order chi connectivity index (χ1) is 11.7. The van der Waals surface area contributed by atoms with Crippen molar-refractivity contribution < 1.29 is 9.18 Å². The molecule has 0 saturated carbocycles. The number of nitriles is 1.